The van der Waals surface area contributed by atoms with Crippen molar-refractivity contribution in [2.75, 3.05) is 33.9 Å². The molecule has 1 heterocycles. The van der Waals surface area contributed by atoms with Gasteiger partial charge < -0.3 is 15.4 Å². The van der Waals surface area contributed by atoms with Crippen LogP contribution in [0.3, 0.4) is 0 Å². The molecule has 0 radical (unpaired) electrons. The Balaban J connectivity index is 2.44. The first kappa shape index (κ1) is 13.9. The Bertz CT molecular complexity index is 429. The van der Waals surface area contributed by atoms with Gasteiger partial charge in [-0.15, -0.1) is 0 Å². The largest absolute Gasteiger partial charge is 0.380 e. The minimum atomic E-state index is -0.198. The summed E-state index contributed by atoms with van der Waals surface area (Å²) in [4.78, 5) is 2.01. The topological polar surface area (TPSA) is 38.5 Å². The van der Waals surface area contributed by atoms with Gasteiger partial charge in [-0.2, -0.15) is 0 Å². The van der Waals surface area contributed by atoms with Crippen LogP contribution in [0.2, 0.25) is 0 Å². The third-order valence-corrected chi connectivity index (χ3v) is 4.03. The molecule has 1 atom stereocenters. The van der Waals surface area contributed by atoms with Gasteiger partial charge in [-0.1, -0.05) is 15.9 Å². The normalized spacial score (nSPS) is 19.7. The molecule has 1 aromatic rings. The average Bonchev–Trinajstić information content (AvgIpc) is 2.26. The van der Waals surface area contributed by atoms with Crippen LogP contribution in [0, 0.1) is 11.2 Å². The van der Waals surface area contributed by atoms with Crippen LogP contribution >= 0.6 is 15.9 Å². The number of benzene rings is 1. The maximum atomic E-state index is 14.1. The van der Waals surface area contributed by atoms with E-state index in [9.17, 15) is 4.39 Å². The van der Waals surface area contributed by atoms with Crippen molar-refractivity contribution in [1.82, 2.24) is 4.90 Å². The molecule has 2 rings (SSSR count). The van der Waals surface area contributed by atoms with Crippen LogP contribution in [0.4, 0.5) is 4.39 Å². The number of rotatable bonds is 4. The first-order chi connectivity index (χ1) is 8.50. The number of hydrogen-bond donors (Lipinski definition) is 1. The highest BCUT2D eigenvalue weighted by atomic mass is 79.9. The average molecular weight is 317 g/mol. The monoisotopic (exact) mass is 316 g/mol. The van der Waals surface area contributed by atoms with Gasteiger partial charge in [0.25, 0.3) is 0 Å². The van der Waals surface area contributed by atoms with Crippen molar-refractivity contribution in [3.05, 3.63) is 34.1 Å². The minimum Gasteiger partial charge on any atom is -0.380 e. The van der Waals surface area contributed by atoms with E-state index in [0.29, 0.717) is 25.3 Å². The van der Waals surface area contributed by atoms with Crippen LogP contribution in [0.5, 0.6) is 0 Å². The number of hydrogen-bond acceptors (Lipinski definition) is 3. The summed E-state index contributed by atoms with van der Waals surface area (Å²) in [6.07, 6.45) is 0. The highest BCUT2D eigenvalue weighted by Crippen LogP contribution is 2.43. The van der Waals surface area contributed by atoms with Crippen LogP contribution in [0.15, 0.2) is 22.7 Å². The zero-order valence-electron chi connectivity index (χ0n) is 10.6. The zero-order valence-corrected chi connectivity index (χ0v) is 12.2. The Morgan fingerprint density at radius 1 is 1.50 bits per heavy atom. The van der Waals surface area contributed by atoms with Crippen LogP contribution in [-0.4, -0.2) is 38.8 Å². The molecule has 0 aliphatic carbocycles. The Morgan fingerprint density at radius 3 is 2.61 bits per heavy atom. The van der Waals surface area contributed by atoms with E-state index in [1.807, 2.05) is 25.1 Å². The van der Waals surface area contributed by atoms with E-state index in [2.05, 4.69) is 15.9 Å². The lowest BCUT2D eigenvalue weighted by Crippen LogP contribution is -2.56. The standard InChI is InChI=1S/C13H18BrFN2O/c1-17(2)12(13(6-16)7-18-8-13)10-5-9(14)3-4-11(10)15/h3-5,12H,6-8,16H2,1-2H3. The van der Waals surface area contributed by atoms with E-state index >= 15 is 0 Å². The molecule has 1 saturated heterocycles. The van der Waals surface area contributed by atoms with Crippen LogP contribution < -0.4 is 5.73 Å². The maximum Gasteiger partial charge on any atom is 0.128 e. The fourth-order valence-corrected chi connectivity index (χ4v) is 3.01. The van der Waals surface area contributed by atoms with Crippen molar-refractivity contribution in [3.63, 3.8) is 0 Å². The zero-order chi connectivity index (χ0) is 13.3. The number of halogens is 2. The molecule has 0 amide bonds. The number of nitrogens with two attached hydrogens (primary N) is 1. The van der Waals surface area contributed by atoms with E-state index < -0.39 is 0 Å². The predicted octanol–water partition coefficient (Wildman–Crippen LogP) is 2.17. The molecule has 1 unspecified atom stereocenters. The highest BCUT2D eigenvalue weighted by molar-refractivity contribution is 9.10. The minimum absolute atomic E-state index is 0.0752. The SMILES string of the molecule is CN(C)C(c1cc(Br)ccc1F)C1(CN)COC1. The Kier molecular flexibility index (Phi) is 4.06. The third-order valence-electron chi connectivity index (χ3n) is 3.53. The van der Waals surface area contributed by atoms with E-state index in [-0.39, 0.29) is 17.3 Å². The Hall–Kier alpha value is -0.490. The van der Waals surface area contributed by atoms with E-state index in [4.69, 9.17) is 10.5 Å². The summed E-state index contributed by atoms with van der Waals surface area (Å²) in [7, 11) is 3.89. The second-order valence-electron chi connectivity index (χ2n) is 5.09. The summed E-state index contributed by atoms with van der Waals surface area (Å²) < 4.78 is 20.3. The van der Waals surface area contributed by atoms with Crippen LogP contribution in [0.1, 0.15) is 11.6 Å². The second-order valence-corrected chi connectivity index (χ2v) is 6.01. The van der Waals surface area contributed by atoms with Crippen LogP contribution in [-0.2, 0) is 4.74 Å². The quantitative estimate of drug-likeness (QED) is 0.925. The van der Waals surface area contributed by atoms with Crippen molar-refractivity contribution in [2.24, 2.45) is 11.1 Å². The molecule has 1 aliphatic heterocycles. The first-order valence-corrected chi connectivity index (χ1v) is 6.69. The lowest BCUT2D eigenvalue weighted by molar-refractivity contribution is -0.145. The molecule has 0 aromatic heterocycles. The summed E-state index contributed by atoms with van der Waals surface area (Å²) in [6.45, 7) is 1.65. The van der Waals surface area contributed by atoms with Crippen molar-refractivity contribution < 1.29 is 9.13 Å². The van der Waals surface area contributed by atoms with E-state index in [1.165, 1.54) is 6.07 Å². The van der Waals surface area contributed by atoms with Gasteiger partial charge in [0.05, 0.1) is 13.2 Å². The van der Waals surface area contributed by atoms with Crippen molar-refractivity contribution in [3.8, 4) is 0 Å². The molecule has 0 saturated carbocycles. The molecule has 0 bridgehead atoms. The van der Waals surface area contributed by atoms with Gasteiger partial charge in [-0.05, 0) is 32.3 Å². The second kappa shape index (κ2) is 5.25. The smallest absolute Gasteiger partial charge is 0.128 e. The fraction of sp³-hybridized carbons (Fsp3) is 0.538. The van der Waals surface area contributed by atoms with Gasteiger partial charge in [-0.3, -0.25) is 0 Å². The molecule has 3 nitrogen and oxygen atoms in total. The van der Waals surface area contributed by atoms with Crippen molar-refractivity contribution >= 4 is 15.9 Å². The molecule has 0 spiro atoms. The lowest BCUT2D eigenvalue weighted by atomic mass is 9.74. The summed E-state index contributed by atoms with van der Waals surface area (Å²) in [5.41, 5.74) is 6.37. The van der Waals surface area contributed by atoms with E-state index in [0.717, 1.165) is 4.47 Å². The molecule has 5 heteroatoms. The maximum absolute atomic E-state index is 14.1. The number of ether oxygens (including phenoxy) is 1. The molecule has 2 N–H and O–H groups in total. The predicted molar refractivity (Wildman–Crippen MR) is 72.8 cm³/mol. The molecule has 100 valence electrons. The van der Waals surface area contributed by atoms with Gasteiger partial charge in [-0.25, -0.2) is 4.39 Å². The number of nitrogens with zero attached hydrogens (tertiary/aromatic N) is 1. The van der Waals surface area contributed by atoms with Crippen molar-refractivity contribution in [1.29, 1.82) is 0 Å². The summed E-state index contributed by atoms with van der Waals surface area (Å²) in [5.74, 6) is -0.198. The van der Waals surface area contributed by atoms with Gasteiger partial charge in [0.1, 0.15) is 5.82 Å². The van der Waals surface area contributed by atoms with Crippen molar-refractivity contribution in [2.45, 2.75) is 6.04 Å². The summed E-state index contributed by atoms with van der Waals surface area (Å²) >= 11 is 3.39. The molecule has 1 aliphatic rings. The molecule has 18 heavy (non-hydrogen) atoms. The third kappa shape index (κ3) is 2.32. The van der Waals surface area contributed by atoms with E-state index in [1.54, 1.807) is 6.07 Å². The highest BCUT2D eigenvalue weighted by Gasteiger charge is 2.47. The summed E-state index contributed by atoms with van der Waals surface area (Å²) in [5, 5.41) is 0. The molecule has 1 fully saturated rings. The van der Waals surface area contributed by atoms with Gasteiger partial charge >= 0.3 is 0 Å². The Labute approximate surface area is 115 Å². The molecule has 1 aromatic carbocycles. The van der Waals surface area contributed by atoms with Gasteiger partial charge in [0, 0.05) is 28.0 Å². The fourth-order valence-electron chi connectivity index (χ4n) is 2.63. The van der Waals surface area contributed by atoms with Gasteiger partial charge in [0.15, 0.2) is 0 Å². The lowest BCUT2D eigenvalue weighted by Gasteiger charge is -2.49. The first-order valence-electron chi connectivity index (χ1n) is 5.89. The summed E-state index contributed by atoms with van der Waals surface area (Å²) in [6, 6.07) is 4.95. The van der Waals surface area contributed by atoms with Gasteiger partial charge in [0.2, 0.25) is 0 Å². The Morgan fingerprint density at radius 2 is 2.17 bits per heavy atom. The molecular weight excluding hydrogens is 299 g/mol. The molecular formula is C13H18BrFN2O. The van der Waals surface area contributed by atoms with Crippen LogP contribution in [0.25, 0.3) is 0 Å².